The predicted molar refractivity (Wildman–Crippen MR) is 78.2 cm³/mol. The largest absolute Gasteiger partial charge is 0.324 e. The highest BCUT2D eigenvalue weighted by Gasteiger charge is 2.23. The fourth-order valence-electron chi connectivity index (χ4n) is 2.33. The van der Waals surface area contributed by atoms with E-state index in [4.69, 9.17) is 0 Å². The number of carbonyl (C=O) groups excluding carboxylic acids is 1. The molecule has 20 heavy (non-hydrogen) atoms. The summed E-state index contributed by atoms with van der Waals surface area (Å²) in [5.74, 6) is 0.615. The number of anilines is 1. The molecule has 2 N–H and O–H groups in total. The highest BCUT2D eigenvalue weighted by atomic mass is 16.2. The van der Waals surface area contributed by atoms with E-state index in [0.717, 1.165) is 24.4 Å². The number of hydrogen-bond donors (Lipinski definition) is 2. The zero-order valence-corrected chi connectivity index (χ0v) is 11.3. The Labute approximate surface area is 117 Å². The van der Waals surface area contributed by atoms with E-state index < -0.39 is 0 Å². The van der Waals surface area contributed by atoms with E-state index in [9.17, 15) is 4.79 Å². The lowest BCUT2D eigenvalue weighted by molar-refractivity contribution is 0.255. The molecule has 1 aliphatic rings. The maximum Gasteiger partial charge on any atom is 0.324 e. The van der Waals surface area contributed by atoms with Crippen LogP contribution in [0.2, 0.25) is 0 Å². The predicted octanol–water partition coefficient (Wildman–Crippen LogP) is 2.82. The molecule has 0 saturated heterocycles. The van der Waals surface area contributed by atoms with E-state index in [1.165, 1.54) is 5.56 Å². The Morgan fingerprint density at radius 2 is 2.05 bits per heavy atom. The molecule has 3 rings (SSSR count). The number of aromatic nitrogens is 2. The zero-order valence-electron chi connectivity index (χ0n) is 11.3. The van der Waals surface area contributed by atoms with E-state index in [-0.39, 0.29) is 6.03 Å². The number of urea groups is 1. The van der Waals surface area contributed by atoms with Gasteiger partial charge in [0.1, 0.15) is 5.69 Å². The molecule has 2 heterocycles. The number of nitrogens with one attached hydrogen (secondary N) is 2. The van der Waals surface area contributed by atoms with Gasteiger partial charge in [-0.05, 0) is 12.0 Å². The number of imidazole rings is 1. The van der Waals surface area contributed by atoms with Crippen molar-refractivity contribution in [2.45, 2.75) is 19.9 Å². The van der Waals surface area contributed by atoms with Crippen LogP contribution in [-0.4, -0.2) is 15.6 Å². The van der Waals surface area contributed by atoms with Crippen molar-refractivity contribution in [2.24, 2.45) is 0 Å². The Morgan fingerprint density at radius 3 is 2.80 bits per heavy atom. The summed E-state index contributed by atoms with van der Waals surface area (Å²) in [5.41, 5.74) is 2.94. The van der Waals surface area contributed by atoms with Crippen LogP contribution in [0.5, 0.6) is 0 Å². The molecule has 2 aromatic rings. The van der Waals surface area contributed by atoms with Crippen molar-refractivity contribution >= 4 is 17.5 Å². The van der Waals surface area contributed by atoms with Crippen LogP contribution in [0.25, 0.3) is 5.70 Å². The van der Waals surface area contributed by atoms with E-state index >= 15 is 0 Å². The van der Waals surface area contributed by atoms with Gasteiger partial charge < -0.3 is 9.88 Å². The lowest BCUT2D eigenvalue weighted by atomic mass is 10.2. The molecule has 5 nitrogen and oxygen atoms in total. The number of carbonyl (C=O) groups is 1. The van der Waals surface area contributed by atoms with Crippen LogP contribution in [0, 0.1) is 0 Å². The molecule has 0 bridgehead atoms. The smallest absolute Gasteiger partial charge is 0.323 e. The first-order valence-corrected chi connectivity index (χ1v) is 6.65. The van der Waals surface area contributed by atoms with Crippen molar-refractivity contribution in [3.8, 4) is 0 Å². The molecule has 1 aromatic carbocycles. The summed E-state index contributed by atoms with van der Waals surface area (Å²) >= 11 is 0. The Morgan fingerprint density at radius 1 is 1.25 bits per heavy atom. The highest BCUT2D eigenvalue weighted by Crippen LogP contribution is 2.26. The monoisotopic (exact) mass is 268 g/mol. The maximum absolute atomic E-state index is 11.6. The summed E-state index contributed by atoms with van der Waals surface area (Å²) in [6, 6.07) is 9.94. The second kappa shape index (κ2) is 5.21. The van der Waals surface area contributed by atoms with Gasteiger partial charge in [-0.2, -0.15) is 0 Å². The molecule has 102 valence electrons. The third kappa shape index (κ3) is 2.30. The molecule has 2 amide bonds. The van der Waals surface area contributed by atoms with Gasteiger partial charge in [0.2, 0.25) is 0 Å². The second-order valence-corrected chi connectivity index (χ2v) is 4.66. The van der Waals surface area contributed by atoms with Crippen molar-refractivity contribution in [3.05, 3.63) is 54.0 Å². The molecule has 0 spiro atoms. The summed E-state index contributed by atoms with van der Waals surface area (Å²) in [4.78, 5) is 15.9. The van der Waals surface area contributed by atoms with E-state index in [1.807, 2.05) is 35.8 Å². The average Bonchev–Trinajstić information content (AvgIpc) is 2.83. The van der Waals surface area contributed by atoms with Crippen LogP contribution in [0.15, 0.2) is 42.7 Å². The zero-order chi connectivity index (χ0) is 13.9. The third-order valence-electron chi connectivity index (χ3n) is 3.18. The van der Waals surface area contributed by atoms with E-state index in [0.29, 0.717) is 5.82 Å². The first kappa shape index (κ1) is 12.5. The first-order chi connectivity index (χ1) is 9.78. The topological polar surface area (TPSA) is 59.0 Å². The fraction of sp³-hybridized carbons (Fsp3) is 0.200. The van der Waals surface area contributed by atoms with Crippen LogP contribution in [-0.2, 0) is 6.54 Å². The van der Waals surface area contributed by atoms with Crippen molar-refractivity contribution in [1.29, 1.82) is 0 Å². The molecule has 0 radical (unpaired) electrons. The normalized spacial score (nSPS) is 15.7. The summed E-state index contributed by atoms with van der Waals surface area (Å²) in [7, 11) is 0. The highest BCUT2D eigenvalue weighted by molar-refractivity contribution is 6.01. The van der Waals surface area contributed by atoms with Crippen molar-refractivity contribution in [2.75, 3.05) is 5.32 Å². The molecule has 1 aliphatic heterocycles. The fourth-order valence-corrected chi connectivity index (χ4v) is 2.33. The average molecular weight is 268 g/mol. The third-order valence-corrected chi connectivity index (χ3v) is 3.18. The molecule has 0 saturated carbocycles. The van der Waals surface area contributed by atoms with Gasteiger partial charge in [0.15, 0.2) is 5.82 Å². The molecule has 1 aromatic heterocycles. The standard InChI is InChI=1S/C15H16N4O/c1-2-6-12-13-14(18-15(20)17-12)16-10-19(13)9-11-7-4-3-5-8-11/h3-8,10H,2,9H2,1H3,(H2,17,18,20). The summed E-state index contributed by atoms with van der Waals surface area (Å²) in [6.07, 6.45) is 4.61. The summed E-state index contributed by atoms with van der Waals surface area (Å²) in [5, 5.41) is 5.57. The number of fused-ring (bicyclic) bond motifs is 1. The Kier molecular flexibility index (Phi) is 3.25. The molecule has 5 heteroatoms. The Hall–Kier alpha value is -2.56. The summed E-state index contributed by atoms with van der Waals surface area (Å²) in [6.45, 7) is 2.76. The SMILES string of the molecule is CCC=C1NC(=O)Nc2ncn(Cc3ccccc3)c21. The second-order valence-electron chi connectivity index (χ2n) is 4.66. The molecule has 0 aliphatic carbocycles. The van der Waals surface area contributed by atoms with E-state index in [1.54, 1.807) is 6.33 Å². The van der Waals surface area contributed by atoms with Gasteiger partial charge in [-0.15, -0.1) is 0 Å². The minimum atomic E-state index is -0.234. The first-order valence-electron chi connectivity index (χ1n) is 6.65. The molecule has 0 atom stereocenters. The van der Waals surface area contributed by atoms with Crippen LogP contribution >= 0.6 is 0 Å². The minimum absolute atomic E-state index is 0.234. The maximum atomic E-state index is 11.6. The lowest BCUT2D eigenvalue weighted by Crippen LogP contribution is -2.33. The number of nitrogens with zero attached hydrogens (tertiary/aromatic N) is 2. The van der Waals surface area contributed by atoms with Crippen LogP contribution in [0.3, 0.4) is 0 Å². The van der Waals surface area contributed by atoms with Gasteiger partial charge in [0.05, 0.1) is 12.0 Å². The van der Waals surface area contributed by atoms with Gasteiger partial charge in [0.25, 0.3) is 0 Å². The van der Waals surface area contributed by atoms with Gasteiger partial charge in [0, 0.05) is 6.54 Å². The van der Waals surface area contributed by atoms with Crippen molar-refractivity contribution in [3.63, 3.8) is 0 Å². The molecule has 0 fully saturated rings. The minimum Gasteiger partial charge on any atom is -0.323 e. The number of allylic oxidation sites excluding steroid dienone is 1. The quantitative estimate of drug-likeness (QED) is 0.899. The van der Waals surface area contributed by atoms with Crippen LogP contribution in [0.4, 0.5) is 10.6 Å². The van der Waals surface area contributed by atoms with Gasteiger partial charge in [-0.1, -0.05) is 43.3 Å². The van der Waals surface area contributed by atoms with Crippen molar-refractivity contribution < 1.29 is 4.79 Å². The molecule has 0 unspecified atom stereocenters. The Balaban J connectivity index is 1.99. The lowest BCUT2D eigenvalue weighted by Gasteiger charge is -2.19. The molecular formula is C15H16N4O. The number of amides is 2. The van der Waals surface area contributed by atoms with Crippen LogP contribution in [0.1, 0.15) is 24.6 Å². The van der Waals surface area contributed by atoms with Crippen molar-refractivity contribution in [1.82, 2.24) is 14.9 Å². The number of rotatable bonds is 3. The van der Waals surface area contributed by atoms with Crippen LogP contribution < -0.4 is 10.6 Å². The Bertz CT molecular complexity index is 658. The molecular weight excluding hydrogens is 252 g/mol. The van der Waals surface area contributed by atoms with Gasteiger partial charge in [-0.3, -0.25) is 5.32 Å². The number of hydrogen-bond acceptors (Lipinski definition) is 2. The van der Waals surface area contributed by atoms with Gasteiger partial charge in [-0.25, -0.2) is 9.78 Å². The number of benzene rings is 1. The van der Waals surface area contributed by atoms with E-state index in [2.05, 4.69) is 27.8 Å². The van der Waals surface area contributed by atoms with Gasteiger partial charge >= 0.3 is 6.03 Å². The summed E-state index contributed by atoms with van der Waals surface area (Å²) < 4.78 is 2.04.